The van der Waals surface area contributed by atoms with Crippen molar-refractivity contribution in [1.82, 2.24) is 10.4 Å². The number of rotatable bonds is 4. The molecule has 1 aromatic heterocycles. The molecule has 3 nitrogen and oxygen atoms in total. The van der Waals surface area contributed by atoms with E-state index in [9.17, 15) is 0 Å². The Labute approximate surface area is 108 Å². The van der Waals surface area contributed by atoms with Gasteiger partial charge < -0.3 is 0 Å². The van der Waals surface area contributed by atoms with Crippen molar-refractivity contribution in [2.45, 2.75) is 26.3 Å². The Hall–Kier alpha value is -1.71. The summed E-state index contributed by atoms with van der Waals surface area (Å²) in [5, 5.41) is 0. The van der Waals surface area contributed by atoms with Crippen LogP contribution in [0.15, 0.2) is 42.6 Å². The number of hydrazine groups is 1. The molecule has 94 valence electrons. The summed E-state index contributed by atoms with van der Waals surface area (Å²) < 4.78 is 0. The molecule has 3 heteroatoms. The summed E-state index contributed by atoms with van der Waals surface area (Å²) in [4.78, 5) is 4.39. The smallest absolute Gasteiger partial charge is 0.0672 e. The lowest BCUT2D eigenvalue weighted by Gasteiger charge is -2.17. The molecular formula is C15H19N3. The van der Waals surface area contributed by atoms with Gasteiger partial charge in [0.2, 0.25) is 0 Å². The number of nitrogens with zero attached hydrogens (tertiary/aromatic N) is 1. The van der Waals surface area contributed by atoms with Crippen LogP contribution < -0.4 is 11.3 Å². The van der Waals surface area contributed by atoms with Gasteiger partial charge in [-0.1, -0.05) is 24.3 Å². The van der Waals surface area contributed by atoms with E-state index in [0.717, 1.165) is 12.1 Å². The molecule has 1 atom stereocenters. The lowest BCUT2D eigenvalue weighted by atomic mass is 9.99. The molecule has 0 aliphatic carbocycles. The van der Waals surface area contributed by atoms with Crippen LogP contribution in [0.5, 0.6) is 0 Å². The van der Waals surface area contributed by atoms with Gasteiger partial charge >= 0.3 is 0 Å². The fraction of sp³-hybridized carbons (Fsp3) is 0.267. The summed E-state index contributed by atoms with van der Waals surface area (Å²) in [5.41, 5.74) is 7.62. The first kappa shape index (κ1) is 12.7. The Morgan fingerprint density at radius 3 is 2.67 bits per heavy atom. The minimum atomic E-state index is 0.0472. The van der Waals surface area contributed by atoms with Crippen molar-refractivity contribution in [3.8, 4) is 0 Å². The summed E-state index contributed by atoms with van der Waals surface area (Å²) in [7, 11) is 0. The Bertz CT molecular complexity index is 523. The first-order chi connectivity index (χ1) is 8.70. The van der Waals surface area contributed by atoms with Gasteiger partial charge in [-0.3, -0.25) is 16.3 Å². The van der Waals surface area contributed by atoms with Crippen LogP contribution in [0.4, 0.5) is 0 Å². The summed E-state index contributed by atoms with van der Waals surface area (Å²) >= 11 is 0. The van der Waals surface area contributed by atoms with Gasteiger partial charge in [0.25, 0.3) is 0 Å². The van der Waals surface area contributed by atoms with E-state index in [-0.39, 0.29) is 6.04 Å². The minimum Gasteiger partial charge on any atom is -0.271 e. The summed E-state index contributed by atoms with van der Waals surface area (Å²) in [5.74, 6) is 5.66. The topological polar surface area (TPSA) is 50.9 Å². The van der Waals surface area contributed by atoms with Crippen molar-refractivity contribution in [2.75, 3.05) is 0 Å². The lowest BCUT2D eigenvalue weighted by Crippen LogP contribution is -2.30. The zero-order chi connectivity index (χ0) is 13.0. The quantitative estimate of drug-likeness (QED) is 0.638. The monoisotopic (exact) mass is 241 g/mol. The highest BCUT2D eigenvalue weighted by Crippen LogP contribution is 2.18. The van der Waals surface area contributed by atoms with Gasteiger partial charge in [0.15, 0.2) is 0 Å². The molecule has 0 fully saturated rings. The molecule has 1 unspecified atom stereocenters. The largest absolute Gasteiger partial charge is 0.271 e. The van der Waals surface area contributed by atoms with E-state index >= 15 is 0 Å². The second kappa shape index (κ2) is 5.76. The zero-order valence-corrected chi connectivity index (χ0v) is 10.9. The highest BCUT2D eigenvalue weighted by Gasteiger charge is 2.13. The Morgan fingerprint density at radius 2 is 2.00 bits per heavy atom. The van der Waals surface area contributed by atoms with Gasteiger partial charge in [0, 0.05) is 6.20 Å². The lowest BCUT2D eigenvalue weighted by molar-refractivity contribution is 0.537. The summed E-state index contributed by atoms with van der Waals surface area (Å²) in [6.07, 6.45) is 2.67. The van der Waals surface area contributed by atoms with Crippen molar-refractivity contribution in [1.29, 1.82) is 0 Å². The number of benzene rings is 1. The average molecular weight is 241 g/mol. The third kappa shape index (κ3) is 2.94. The van der Waals surface area contributed by atoms with Gasteiger partial charge in [-0.2, -0.15) is 0 Å². The molecular weight excluding hydrogens is 222 g/mol. The summed E-state index contributed by atoms with van der Waals surface area (Å²) in [6, 6.07) is 12.5. The Morgan fingerprint density at radius 1 is 1.22 bits per heavy atom. The molecule has 2 aromatic rings. The Kier molecular flexibility index (Phi) is 4.07. The molecule has 3 N–H and O–H groups in total. The molecule has 0 aliphatic heterocycles. The Balaban J connectivity index is 2.23. The molecule has 0 saturated carbocycles. The average Bonchev–Trinajstić information content (AvgIpc) is 2.38. The maximum atomic E-state index is 5.66. The van der Waals surface area contributed by atoms with Gasteiger partial charge in [0.1, 0.15) is 0 Å². The van der Waals surface area contributed by atoms with Gasteiger partial charge in [-0.25, -0.2) is 0 Å². The number of pyridine rings is 1. The number of hydrogen-bond acceptors (Lipinski definition) is 3. The van der Waals surface area contributed by atoms with E-state index in [1.54, 1.807) is 0 Å². The van der Waals surface area contributed by atoms with Crippen LogP contribution in [-0.4, -0.2) is 4.98 Å². The fourth-order valence-electron chi connectivity index (χ4n) is 2.06. The van der Waals surface area contributed by atoms with Crippen molar-refractivity contribution in [3.63, 3.8) is 0 Å². The number of hydrogen-bond donors (Lipinski definition) is 2. The number of aryl methyl sites for hydroxylation is 2. The van der Waals surface area contributed by atoms with Crippen molar-refractivity contribution >= 4 is 0 Å². The molecule has 1 aromatic carbocycles. The van der Waals surface area contributed by atoms with E-state index in [1.807, 2.05) is 12.3 Å². The molecule has 0 amide bonds. The molecule has 0 bridgehead atoms. The van der Waals surface area contributed by atoms with Gasteiger partial charge in [-0.15, -0.1) is 0 Å². The first-order valence-electron chi connectivity index (χ1n) is 6.14. The third-order valence-corrected chi connectivity index (χ3v) is 3.18. The van der Waals surface area contributed by atoms with Crippen LogP contribution in [0, 0.1) is 13.8 Å². The minimum absolute atomic E-state index is 0.0472. The summed E-state index contributed by atoms with van der Waals surface area (Å²) in [6.45, 7) is 4.18. The van der Waals surface area contributed by atoms with Gasteiger partial charge in [-0.05, 0) is 49.1 Å². The van der Waals surface area contributed by atoms with Crippen LogP contribution in [-0.2, 0) is 6.42 Å². The number of nitrogens with one attached hydrogen (secondary N) is 1. The van der Waals surface area contributed by atoms with Crippen LogP contribution in [0.25, 0.3) is 0 Å². The van der Waals surface area contributed by atoms with E-state index in [4.69, 9.17) is 5.84 Å². The highest BCUT2D eigenvalue weighted by atomic mass is 15.2. The molecule has 18 heavy (non-hydrogen) atoms. The second-order valence-electron chi connectivity index (χ2n) is 4.61. The normalized spacial score (nSPS) is 12.4. The van der Waals surface area contributed by atoms with Crippen LogP contribution in [0.1, 0.15) is 28.4 Å². The second-order valence-corrected chi connectivity index (χ2v) is 4.61. The first-order valence-corrected chi connectivity index (χ1v) is 6.14. The predicted molar refractivity (Wildman–Crippen MR) is 73.9 cm³/mol. The van der Waals surface area contributed by atoms with Crippen LogP contribution in [0.3, 0.4) is 0 Å². The number of aromatic nitrogens is 1. The molecule has 0 saturated heterocycles. The van der Waals surface area contributed by atoms with Gasteiger partial charge in [0.05, 0.1) is 11.7 Å². The predicted octanol–water partition coefficient (Wildman–Crippen LogP) is 2.45. The fourth-order valence-corrected chi connectivity index (χ4v) is 2.06. The molecule has 0 radical (unpaired) electrons. The van der Waals surface area contributed by atoms with E-state index in [0.29, 0.717) is 0 Å². The van der Waals surface area contributed by atoms with Crippen molar-refractivity contribution in [3.05, 3.63) is 65.0 Å². The van der Waals surface area contributed by atoms with E-state index in [1.165, 1.54) is 16.7 Å². The maximum absolute atomic E-state index is 5.66. The molecule has 2 rings (SSSR count). The molecule has 0 aliphatic rings. The van der Waals surface area contributed by atoms with E-state index < -0.39 is 0 Å². The zero-order valence-electron chi connectivity index (χ0n) is 10.9. The number of nitrogens with two attached hydrogens (primary N) is 1. The molecule has 1 heterocycles. The standard InChI is InChI=1S/C15H19N3/c1-11-7-8-17-14(9-11)15(18-16)10-13-6-4-3-5-12(13)2/h3-9,15,18H,10,16H2,1-2H3. The van der Waals surface area contributed by atoms with Crippen molar-refractivity contribution in [2.24, 2.45) is 5.84 Å². The highest BCUT2D eigenvalue weighted by molar-refractivity contribution is 5.28. The van der Waals surface area contributed by atoms with E-state index in [2.05, 4.69) is 54.6 Å². The van der Waals surface area contributed by atoms with Crippen molar-refractivity contribution < 1.29 is 0 Å². The van der Waals surface area contributed by atoms with Crippen LogP contribution in [0.2, 0.25) is 0 Å². The third-order valence-electron chi connectivity index (χ3n) is 3.18. The maximum Gasteiger partial charge on any atom is 0.0672 e. The van der Waals surface area contributed by atoms with Crippen LogP contribution >= 0.6 is 0 Å². The molecule has 0 spiro atoms. The SMILES string of the molecule is Cc1ccnc(C(Cc2ccccc2C)NN)c1.